The molecule has 0 spiro atoms. The molecule has 5 heteroatoms. The molecule has 0 unspecified atom stereocenters. The van der Waals surface area contributed by atoms with E-state index in [-0.39, 0.29) is 11.8 Å². The molecule has 1 aromatic heterocycles. The van der Waals surface area contributed by atoms with E-state index >= 15 is 0 Å². The highest BCUT2D eigenvalue weighted by Crippen LogP contribution is 2.42. The van der Waals surface area contributed by atoms with Gasteiger partial charge in [0.25, 0.3) is 0 Å². The Hall–Kier alpha value is -2.30. The third-order valence-corrected chi connectivity index (χ3v) is 5.03. The lowest BCUT2D eigenvalue weighted by atomic mass is 9.87. The molecule has 4 rings (SSSR count). The Morgan fingerprint density at radius 1 is 1.22 bits per heavy atom. The maximum absolute atomic E-state index is 12.3. The first-order valence-corrected chi connectivity index (χ1v) is 8.28. The number of ether oxygens (including phenoxy) is 1. The summed E-state index contributed by atoms with van der Waals surface area (Å²) in [5.41, 5.74) is 2.15. The van der Waals surface area contributed by atoms with Crippen LogP contribution in [0.25, 0.3) is 0 Å². The number of carbonyl (C=O) groups excluding carboxylic acids is 1. The van der Waals surface area contributed by atoms with Gasteiger partial charge in [0.1, 0.15) is 11.6 Å². The van der Waals surface area contributed by atoms with Gasteiger partial charge in [-0.2, -0.15) is 5.10 Å². The van der Waals surface area contributed by atoms with Crippen LogP contribution in [0.5, 0.6) is 5.75 Å². The lowest BCUT2D eigenvalue weighted by molar-refractivity contribution is -0.116. The second kappa shape index (κ2) is 5.72. The fraction of sp³-hybridized carbons (Fsp3) is 0.444. The lowest BCUT2D eigenvalue weighted by Gasteiger charge is -2.26. The van der Waals surface area contributed by atoms with Crippen LogP contribution in [0.2, 0.25) is 0 Å². The van der Waals surface area contributed by atoms with Crippen LogP contribution in [-0.4, -0.2) is 22.8 Å². The minimum absolute atomic E-state index is 0.00468. The summed E-state index contributed by atoms with van der Waals surface area (Å²) in [4.78, 5) is 12.3. The summed E-state index contributed by atoms with van der Waals surface area (Å²) in [5, 5.41) is 7.65. The molecule has 1 saturated carbocycles. The van der Waals surface area contributed by atoms with Crippen molar-refractivity contribution < 1.29 is 9.53 Å². The molecule has 1 aromatic carbocycles. The minimum atomic E-state index is 0.00468. The topological polar surface area (TPSA) is 56.1 Å². The van der Waals surface area contributed by atoms with Crippen molar-refractivity contribution in [1.82, 2.24) is 9.78 Å². The van der Waals surface area contributed by atoms with E-state index < -0.39 is 0 Å². The Morgan fingerprint density at radius 3 is 2.78 bits per heavy atom. The van der Waals surface area contributed by atoms with Crippen LogP contribution in [0.15, 0.2) is 30.5 Å². The van der Waals surface area contributed by atoms with Crippen molar-refractivity contribution in [3.8, 4) is 5.75 Å². The largest absolute Gasteiger partial charge is 0.496 e. The van der Waals surface area contributed by atoms with Gasteiger partial charge in [-0.15, -0.1) is 0 Å². The molecule has 0 saturated heterocycles. The normalized spacial score (nSPS) is 21.1. The predicted octanol–water partition coefficient (Wildman–Crippen LogP) is 3.48. The standard InChI is InChI=1S/C18H21N3O2/c1-23-16-9-5-4-8-13(16)14-10-17(22)20-18-15(14)11-19-21(18)12-6-2-3-7-12/h4-5,8-9,11-12,14H,2-3,6-7,10H2,1H3,(H,20,22)/t14-/m0/s1. The van der Waals surface area contributed by atoms with E-state index in [2.05, 4.69) is 10.4 Å². The smallest absolute Gasteiger partial charge is 0.226 e. The van der Waals surface area contributed by atoms with E-state index in [0.29, 0.717) is 12.5 Å². The molecule has 1 fully saturated rings. The second-order valence-electron chi connectivity index (χ2n) is 6.38. The molecular formula is C18H21N3O2. The number of para-hydroxylation sites is 1. The van der Waals surface area contributed by atoms with Crippen molar-refractivity contribution in [2.24, 2.45) is 0 Å². The van der Waals surface area contributed by atoms with Crippen molar-refractivity contribution in [2.75, 3.05) is 12.4 Å². The summed E-state index contributed by atoms with van der Waals surface area (Å²) in [7, 11) is 1.67. The summed E-state index contributed by atoms with van der Waals surface area (Å²) in [5.74, 6) is 1.76. The number of hydrogen-bond donors (Lipinski definition) is 1. The zero-order valence-corrected chi connectivity index (χ0v) is 13.3. The van der Waals surface area contributed by atoms with Gasteiger partial charge < -0.3 is 10.1 Å². The quantitative estimate of drug-likeness (QED) is 0.944. The number of benzene rings is 1. The SMILES string of the molecule is COc1ccccc1[C@@H]1CC(=O)Nc2c1cnn2C1CCCC1. The van der Waals surface area contributed by atoms with Crippen LogP contribution in [0, 0.1) is 0 Å². The number of methoxy groups -OCH3 is 1. The minimum Gasteiger partial charge on any atom is -0.496 e. The fourth-order valence-electron chi connectivity index (χ4n) is 3.90. The van der Waals surface area contributed by atoms with Crippen molar-refractivity contribution in [3.63, 3.8) is 0 Å². The number of nitrogens with zero attached hydrogens (tertiary/aromatic N) is 2. The van der Waals surface area contributed by atoms with Gasteiger partial charge in [0.2, 0.25) is 5.91 Å². The van der Waals surface area contributed by atoms with Crippen molar-refractivity contribution in [2.45, 2.75) is 44.1 Å². The van der Waals surface area contributed by atoms with Gasteiger partial charge in [-0.05, 0) is 18.9 Å². The number of anilines is 1. The van der Waals surface area contributed by atoms with Crippen LogP contribution < -0.4 is 10.1 Å². The first kappa shape index (κ1) is 14.3. The number of hydrogen-bond acceptors (Lipinski definition) is 3. The van der Waals surface area contributed by atoms with Crippen LogP contribution in [0.3, 0.4) is 0 Å². The van der Waals surface area contributed by atoms with Gasteiger partial charge in [0.05, 0.1) is 19.3 Å². The van der Waals surface area contributed by atoms with Crippen LogP contribution in [0.4, 0.5) is 5.82 Å². The predicted molar refractivity (Wildman–Crippen MR) is 87.8 cm³/mol. The zero-order chi connectivity index (χ0) is 15.8. The third kappa shape index (κ3) is 2.40. The molecule has 5 nitrogen and oxygen atoms in total. The first-order valence-electron chi connectivity index (χ1n) is 8.28. The molecule has 2 aliphatic rings. The molecule has 1 N–H and O–H groups in total. The number of carbonyl (C=O) groups is 1. The van der Waals surface area contributed by atoms with Crippen LogP contribution >= 0.6 is 0 Å². The molecule has 2 aromatic rings. The van der Waals surface area contributed by atoms with E-state index in [1.165, 1.54) is 12.8 Å². The van der Waals surface area contributed by atoms with Crippen molar-refractivity contribution in [1.29, 1.82) is 0 Å². The maximum Gasteiger partial charge on any atom is 0.226 e. The van der Waals surface area contributed by atoms with Gasteiger partial charge in [0.15, 0.2) is 0 Å². The Labute approximate surface area is 135 Å². The number of nitrogens with one attached hydrogen (secondary N) is 1. The van der Waals surface area contributed by atoms with Crippen molar-refractivity contribution >= 4 is 11.7 Å². The highest BCUT2D eigenvalue weighted by molar-refractivity contribution is 5.94. The van der Waals surface area contributed by atoms with Gasteiger partial charge in [-0.3, -0.25) is 4.79 Å². The lowest BCUT2D eigenvalue weighted by Crippen LogP contribution is -2.25. The van der Waals surface area contributed by atoms with Gasteiger partial charge >= 0.3 is 0 Å². The molecule has 120 valence electrons. The van der Waals surface area contributed by atoms with Gasteiger partial charge in [0, 0.05) is 23.5 Å². The summed E-state index contributed by atoms with van der Waals surface area (Å²) in [6, 6.07) is 8.34. The van der Waals surface area contributed by atoms with E-state index in [1.807, 2.05) is 35.1 Å². The molecule has 1 aliphatic carbocycles. The van der Waals surface area contributed by atoms with E-state index in [4.69, 9.17) is 4.74 Å². The Balaban J connectivity index is 1.78. The van der Waals surface area contributed by atoms with E-state index in [9.17, 15) is 4.79 Å². The summed E-state index contributed by atoms with van der Waals surface area (Å²) < 4.78 is 7.53. The Morgan fingerprint density at radius 2 is 2.00 bits per heavy atom. The summed E-state index contributed by atoms with van der Waals surface area (Å²) in [6.45, 7) is 0. The highest BCUT2D eigenvalue weighted by Gasteiger charge is 2.33. The summed E-state index contributed by atoms with van der Waals surface area (Å²) >= 11 is 0. The molecule has 1 amide bonds. The maximum atomic E-state index is 12.3. The Bertz CT molecular complexity index is 732. The van der Waals surface area contributed by atoms with Crippen LogP contribution in [-0.2, 0) is 4.79 Å². The average Bonchev–Trinajstić information content (AvgIpc) is 3.22. The highest BCUT2D eigenvalue weighted by atomic mass is 16.5. The van der Waals surface area contributed by atoms with Gasteiger partial charge in [-0.25, -0.2) is 4.68 Å². The van der Waals surface area contributed by atoms with E-state index in [0.717, 1.165) is 35.5 Å². The number of rotatable bonds is 3. The van der Waals surface area contributed by atoms with Crippen molar-refractivity contribution in [3.05, 3.63) is 41.6 Å². The summed E-state index contributed by atoms with van der Waals surface area (Å²) in [6.07, 6.45) is 7.12. The molecule has 2 heterocycles. The van der Waals surface area contributed by atoms with E-state index in [1.54, 1.807) is 7.11 Å². The fourth-order valence-corrected chi connectivity index (χ4v) is 3.90. The average molecular weight is 311 g/mol. The molecule has 0 radical (unpaired) electrons. The molecule has 1 atom stereocenters. The Kier molecular flexibility index (Phi) is 3.56. The number of amides is 1. The monoisotopic (exact) mass is 311 g/mol. The molecule has 1 aliphatic heterocycles. The van der Waals surface area contributed by atoms with Gasteiger partial charge in [-0.1, -0.05) is 31.0 Å². The van der Waals surface area contributed by atoms with Crippen LogP contribution in [0.1, 0.15) is 55.2 Å². The second-order valence-corrected chi connectivity index (χ2v) is 6.38. The number of fused-ring (bicyclic) bond motifs is 1. The molecular weight excluding hydrogens is 290 g/mol. The third-order valence-electron chi connectivity index (χ3n) is 5.03. The molecule has 0 bridgehead atoms. The molecule has 23 heavy (non-hydrogen) atoms. The number of aromatic nitrogens is 2. The first-order chi connectivity index (χ1) is 11.3. The zero-order valence-electron chi connectivity index (χ0n) is 13.3.